The van der Waals surface area contributed by atoms with Crippen LogP contribution in [-0.2, 0) is 9.59 Å². The molecule has 4 aliphatic carbocycles. The topological polar surface area (TPSA) is 58.6 Å². The largest absolute Gasteiger partial charge is 0.484 e. The summed E-state index contributed by atoms with van der Waals surface area (Å²) in [5.41, 5.74) is 0.286. The Kier molecular flexibility index (Phi) is 5.89. The Morgan fingerprint density at radius 1 is 1.00 bits per heavy atom. The quantitative estimate of drug-likeness (QED) is 0.705. The lowest BCUT2D eigenvalue weighted by molar-refractivity contribution is -0.134. The van der Waals surface area contributed by atoms with Gasteiger partial charge in [0.1, 0.15) is 5.75 Å². The lowest BCUT2D eigenvalue weighted by Crippen LogP contribution is -2.50. The average Bonchev–Trinajstić information content (AvgIpc) is 2.72. The maximum absolute atomic E-state index is 12.9. The number of carbonyl (C=O) groups is 2. The van der Waals surface area contributed by atoms with Crippen LogP contribution in [0.4, 0.5) is 0 Å². The third-order valence-electron chi connectivity index (χ3n) is 8.09. The van der Waals surface area contributed by atoms with Crippen molar-refractivity contribution in [2.24, 2.45) is 23.2 Å². The Balaban J connectivity index is 1.05. The molecule has 31 heavy (non-hydrogen) atoms. The smallest absolute Gasteiger partial charge is 0.260 e. The van der Waals surface area contributed by atoms with Crippen molar-refractivity contribution in [3.63, 3.8) is 0 Å². The molecule has 0 spiro atoms. The second-order valence-electron chi connectivity index (χ2n) is 10.6. The number of carbonyl (C=O) groups excluding carboxylic acids is 2. The summed E-state index contributed by atoms with van der Waals surface area (Å²) in [7, 11) is 0. The van der Waals surface area contributed by atoms with Crippen LogP contribution in [0.5, 0.6) is 5.75 Å². The van der Waals surface area contributed by atoms with Crippen molar-refractivity contribution < 1.29 is 14.3 Å². The molecule has 0 aromatic heterocycles. The Morgan fingerprint density at radius 2 is 1.58 bits per heavy atom. The maximum Gasteiger partial charge on any atom is 0.260 e. The molecule has 4 saturated carbocycles. The monoisotopic (exact) mass is 444 g/mol. The third kappa shape index (κ3) is 4.87. The Hall–Kier alpha value is -1.75. The molecule has 5 aliphatic rings. The van der Waals surface area contributed by atoms with Gasteiger partial charge in [0.2, 0.25) is 5.91 Å². The number of amides is 2. The van der Waals surface area contributed by atoms with Crippen LogP contribution in [0.2, 0.25) is 5.02 Å². The van der Waals surface area contributed by atoms with Crippen LogP contribution in [0.1, 0.15) is 57.8 Å². The molecule has 1 aromatic rings. The molecule has 1 heterocycles. The van der Waals surface area contributed by atoms with Gasteiger partial charge in [-0.05, 0) is 98.8 Å². The van der Waals surface area contributed by atoms with Crippen molar-refractivity contribution in [1.82, 2.24) is 10.2 Å². The van der Waals surface area contributed by atoms with Crippen molar-refractivity contribution in [2.75, 3.05) is 19.7 Å². The number of piperidine rings is 1. The van der Waals surface area contributed by atoms with Crippen LogP contribution in [-0.4, -0.2) is 42.5 Å². The minimum absolute atomic E-state index is 0.00621. The summed E-state index contributed by atoms with van der Waals surface area (Å²) >= 11 is 5.87. The highest BCUT2D eigenvalue weighted by atomic mass is 35.5. The molecule has 2 amide bonds. The van der Waals surface area contributed by atoms with Gasteiger partial charge in [-0.15, -0.1) is 0 Å². The fraction of sp³-hybridized carbons (Fsp3) is 0.680. The van der Waals surface area contributed by atoms with E-state index in [1.165, 1.54) is 38.5 Å². The van der Waals surface area contributed by atoms with Crippen LogP contribution in [0.3, 0.4) is 0 Å². The molecular formula is C25H33ClN2O3. The Bertz CT molecular complexity index is 781. The zero-order valence-corrected chi connectivity index (χ0v) is 18.9. The lowest BCUT2D eigenvalue weighted by atomic mass is 9.49. The van der Waals surface area contributed by atoms with Crippen LogP contribution in [0.25, 0.3) is 0 Å². The SMILES string of the molecule is O=C(CC12CC3CC(CC(C3)C1)C2)NC1CCN(C(=O)COc2ccc(Cl)cc2)CC1. The number of rotatable bonds is 6. The molecule has 168 valence electrons. The van der Waals surface area contributed by atoms with Crippen LogP contribution in [0, 0.1) is 23.2 Å². The van der Waals surface area contributed by atoms with Crippen molar-refractivity contribution >= 4 is 23.4 Å². The van der Waals surface area contributed by atoms with Crippen molar-refractivity contribution in [2.45, 2.75) is 63.8 Å². The lowest BCUT2D eigenvalue weighted by Gasteiger charge is -2.56. The number of ether oxygens (including phenoxy) is 1. The molecule has 1 aliphatic heterocycles. The molecule has 1 aromatic carbocycles. The van der Waals surface area contributed by atoms with Gasteiger partial charge in [-0.3, -0.25) is 9.59 Å². The van der Waals surface area contributed by atoms with Gasteiger partial charge in [0.15, 0.2) is 6.61 Å². The van der Waals surface area contributed by atoms with Crippen LogP contribution >= 0.6 is 11.6 Å². The van der Waals surface area contributed by atoms with Gasteiger partial charge >= 0.3 is 0 Å². The zero-order chi connectivity index (χ0) is 21.4. The Morgan fingerprint density at radius 3 is 2.16 bits per heavy atom. The van der Waals surface area contributed by atoms with Gasteiger partial charge in [0, 0.05) is 30.6 Å². The van der Waals surface area contributed by atoms with E-state index >= 15 is 0 Å². The predicted molar refractivity (Wildman–Crippen MR) is 120 cm³/mol. The van der Waals surface area contributed by atoms with E-state index in [1.54, 1.807) is 24.3 Å². The summed E-state index contributed by atoms with van der Waals surface area (Å²) < 4.78 is 5.58. The van der Waals surface area contributed by atoms with E-state index in [-0.39, 0.29) is 29.9 Å². The van der Waals surface area contributed by atoms with Gasteiger partial charge < -0.3 is 15.0 Å². The second kappa shape index (κ2) is 8.65. The molecule has 4 bridgehead atoms. The first-order valence-electron chi connectivity index (χ1n) is 11.9. The molecule has 0 atom stereocenters. The first-order chi connectivity index (χ1) is 15.0. The molecule has 0 unspecified atom stereocenters. The van der Waals surface area contributed by atoms with E-state index < -0.39 is 0 Å². The van der Waals surface area contributed by atoms with Gasteiger partial charge in [-0.2, -0.15) is 0 Å². The van der Waals surface area contributed by atoms with E-state index in [1.807, 2.05) is 4.90 Å². The fourth-order valence-electron chi connectivity index (χ4n) is 7.17. The highest BCUT2D eigenvalue weighted by Gasteiger charge is 2.51. The van der Waals surface area contributed by atoms with Gasteiger partial charge in [0.25, 0.3) is 5.91 Å². The maximum atomic E-state index is 12.9. The van der Waals surface area contributed by atoms with Crippen LogP contribution in [0.15, 0.2) is 24.3 Å². The number of nitrogens with zero attached hydrogens (tertiary/aromatic N) is 1. The summed E-state index contributed by atoms with van der Waals surface area (Å²) in [6.07, 6.45) is 10.4. The third-order valence-corrected chi connectivity index (χ3v) is 8.34. The summed E-state index contributed by atoms with van der Waals surface area (Å²) in [6.45, 7) is 1.38. The highest BCUT2D eigenvalue weighted by molar-refractivity contribution is 6.30. The van der Waals surface area contributed by atoms with Crippen LogP contribution < -0.4 is 10.1 Å². The number of halogens is 1. The molecule has 6 rings (SSSR count). The molecule has 6 heteroatoms. The highest BCUT2D eigenvalue weighted by Crippen LogP contribution is 2.61. The average molecular weight is 445 g/mol. The van der Waals surface area contributed by atoms with E-state index in [9.17, 15) is 9.59 Å². The first-order valence-corrected chi connectivity index (χ1v) is 12.3. The van der Waals surface area contributed by atoms with Gasteiger partial charge in [0.05, 0.1) is 0 Å². The number of hydrogen-bond acceptors (Lipinski definition) is 3. The van der Waals surface area contributed by atoms with Crippen molar-refractivity contribution in [3.05, 3.63) is 29.3 Å². The summed E-state index contributed by atoms with van der Waals surface area (Å²) in [6, 6.07) is 7.21. The fourth-order valence-corrected chi connectivity index (χ4v) is 7.29. The van der Waals surface area contributed by atoms with E-state index in [0.29, 0.717) is 30.3 Å². The molecule has 5 fully saturated rings. The van der Waals surface area contributed by atoms with E-state index in [0.717, 1.165) is 30.6 Å². The van der Waals surface area contributed by atoms with E-state index in [4.69, 9.17) is 16.3 Å². The molecule has 1 N–H and O–H groups in total. The number of hydrogen-bond donors (Lipinski definition) is 1. The molecule has 1 saturated heterocycles. The number of likely N-dealkylation sites (tertiary alicyclic amines) is 1. The number of benzene rings is 1. The summed E-state index contributed by atoms with van der Waals surface area (Å²) in [4.78, 5) is 27.2. The minimum atomic E-state index is -0.00621. The molecule has 5 nitrogen and oxygen atoms in total. The van der Waals surface area contributed by atoms with E-state index in [2.05, 4.69) is 5.32 Å². The summed E-state index contributed by atoms with van der Waals surface area (Å²) in [5, 5.41) is 3.94. The Labute approximate surface area is 189 Å². The standard InChI is InChI=1S/C25H33ClN2O3/c26-20-1-3-22(4-2-20)31-16-24(30)28-7-5-21(6-8-28)27-23(29)15-25-12-17-9-18(13-25)11-19(10-17)14-25/h1-4,17-19,21H,5-16H2,(H,27,29). The zero-order valence-electron chi connectivity index (χ0n) is 18.2. The summed E-state index contributed by atoms with van der Waals surface area (Å²) in [5.74, 6) is 3.51. The van der Waals surface area contributed by atoms with Gasteiger partial charge in [-0.1, -0.05) is 11.6 Å². The number of nitrogens with one attached hydrogen (secondary N) is 1. The molecule has 0 radical (unpaired) electrons. The van der Waals surface area contributed by atoms with Crippen molar-refractivity contribution in [3.8, 4) is 5.75 Å². The molecular weight excluding hydrogens is 412 g/mol. The second-order valence-corrected chi connectivity index (χ2v) is 11.0. The van der Waals surface area contributed by atoms with Gasteiger partial charge in [-0.25, -0.2) is 0 Å². The predicted octanol–water partition coefficient (Wildman–Crippen LogP) is 4.43. The first kappa shape index (κ1) is 21.1. The van der Waals surface area contributed by atoms with Crippen molar-refractivity contribution in [1.29, 1.82) is 0 Å². The normalized spacial score (nSPS) is 32.2. The minimum Gasteiger partial charge on any atom is -0.484 e.